The molecule has 0 saturated heterocycles. The largest absolute Gasteiger partial charge is 0.354 e. The van der Waals surface area contributed by atoms with Crippen LogP contribution in [-0.2, 0) is 0 Å². The van der Waals surface area contributed by atoms with Crippen molar-refractivity contribution >= 4 is 5.95 Å². The van der Waals surface area contributed by atoms with Crippen molar-refractivity contribution in [1.29, 1.82) is 0 Å². The number of hydrogen-bond donors (Lipinski definition) is 1. The van der Waals surface area contributed by atoms with E-state index in [-0.39, 0.29) is 0 Å². The molecule has 2 heterocycles. The van der Waals surface area contributed by atoms with E-state index in [9.17, 15) is 0 Å². The second-order valence-corrected chi connectivity index (χ2v) is 4.52. The SMILES string of the molecule is CCNc1nc(-c2cccc(C)c2)nc(-n2cncn2)n1. The number of rotatable bonds is 4. The molecule has 21 heavy (non-hydrogen) atoms. The minimum Gasteiger partial charge on any atom is -0.354 e. The van der Waals surface area contributed by atoms with Gasteiger partial charge >= 0.3 is 0 Å². The molecule has 3 rings (SSSR count). The molecule has 7 heteroatoms. The topological polar surface area (TPSA) is 81.4 Å². The Balaban J connectivity index is 2.11. The van der Waals surface area contributed by atoms with E-state index in [2.05, 4.69) is 30.4 Å². The zero-order valence-corrected chi connectivity index (χ0v) is 11.9. The molecule has 1 aromatic carbocycles. The van der Waals surface area contributed by atoms with Crippen molar-refractivity contribution in [1.82, 2.24) is 29.7 Å². The van der Waals surface area contributed by atoms with Gasteiger partial charge in [-0.25, -0.2) is 4.98 Å². The van der Waals surface area contributed by atoms with Crippen LogP contribution in [0.2, 0.25) is 0 Å². The molecule has 0 aliphatic carbocycles. The monoisotopic (exact) mass is 281 g/mol. The number of aryl methyl sites for hydroxylation is 1. The molecule has 0 radical (unpaired) electrons. The van der Waals surface area contributed by atoms with Crippen molar-refractivity contribution in [3.8, 4) is 17.3 Å². The van der Waals surface area contributed by atoms with E-state index in [1.165, 1.54) is 11.0 Å². The Kier molecular flexibility index (Phi) is 3.55. The van der Waals surface area contributed by atoms with Gasteiger partial charge in [0.1, 0.15) is 12.7 Å². The van der Waals surface area contributed by atoms with Crippen LogP contribution in [0.15, 0.2) is 36.9 Å². The summed E-state index contributed by atoms with van der Waals surface area (Å²) in [5.41, 5.74) is 2.10. The molecule has 106 valence electrons. The summed E-state index contributed by atoms with van der Waals surface area (Å²) < 4.78 is 1.52. The highest BCUT2D eigenvalue weighted by Crippen LogP contribution is 2.18. The summed E-state index contributed by atoms with van der Waals surface area (Å²) in [6.45, 7) is 4.76. The second-order valence-electron chi connectivity index (χ2n) is 4.52. The lowest BCUT2D eigenvalue weighted by atomic mass is 10.1. The first kappa shape index (κ1) is 13.2. The predicted molar refractivity (Wildman–Crippen MR) is 79.1 cm³/mol. The van der Waals surface area contributed by atoms with Crippen LogP contribution in [0.25, 0.3) is 17.3 Å². The Morgan fingerprint density at radius 1 is 1.19 bits per heavy atom. The first-order chi connectivity index (χ1) is 10.3. The van der Waals surface area contributed by atoms with Gasteiger partial charge in [-0.05, 0) is 19.9 Å². The zero-order chi connectivity index (χ0) is 14.7. The van der Waals surface area contributed by atoms with E-state index in [1.54, 1.807) is 6.33 Å². The van der Waals surface area contributed by atoms with E-state index in [0.717, 1.165) is 17.7 Å². The van der Waals surface area contributed by atoms with Gasteiger partial charge < -0.3 is 5.32 Å². The molecule has 0 fully saturated rings. The third-order valence-corrected chi connectivity index (χ3v) is 2.86. The van der Waals surface area contributed by atoms with Gasteiger partial charge in [0.25, 0.3) is 5.95 Å². The molecule has 2 aromatic heterocycles. The molecule has 0 atom stereocenters. The van der Waals surface area contributed by atoms with Crippen molar-refractivity contribution in [3.63, 3.8) is 0 Å². The summed E-state index contributed by atoms with van der Waals surface area (Å²) in [7, 11) is 0. The van der Waals surface area contributed by atoms with Crippen molar-refractivity contribution in [3.05, 3.63) is 42.5 Å². The van der Waals surface area contributed by atoms with E-state index in [0.29, 0.717) is 17.7 Å². The van der Waals surface area contributed by atoms with Crippen LogP contribution in [0.4, 0.5) is 5.95 Å². The molecule has 0 unspecified atom stereocenters. The fourth-order valence-corrected chi connectivity index (χ4v) is 1.93. The van der Waals surface area contributed by atoms with Crippen molar-refractivity contribution in [2.75, 3.05) is 11.9 Å². The molecule has 1 N–H and O–H groups in total. The first-order valence-corrected chi connectivity index (χ1v) is 6.68. The minimum absolute atomic E-state index is 0.440. The summed E-state index contributed by atoms with van der Waals surface area (Å²) in [6.07, 6.45) is 3.01. The Labute approximate surface area is 122 Å². The summed E-state index contributed by atoms with van der Waals surface area (Å²) >= 11 is 0. The van der Waals surface area contributed by atoms with Crippen molar-refractivity contribution in [2.24, 2.45) is 0 Å². The first-order valence-electron chi connectivity index (χ1n) is 6.68. The molecular weight excluding hydrogens is 266 g/mol. The molecular formula is C14H15N7. The van der Waals surface area contributed by atoms with Crippen LogP contribution in [0.1, 0.15) is 12.5 Å². The Morgan fingerprint density at radius 2 is 2.10 bits per heavy atom. The minimum atomic E-state index is 0.440. The lowest BCUT2D eigenvalue weighted by Gasteiger charge is -2.08. The average molecular weight is 281 g/mol. The summed E-state index contributed by atoms with van der Waals surface area (Å²) in [4.78, 5) is 17.2. The zero-order valence-electron chi connectivity index (χ0n) is 11.9. The lowest BCUT2D eigenvalue weighted by molar-refractivity contribution is 0.796. The number of aromatic nitrogens is 6. The quantitative estimate of drug-likeness (QED) is 0.786. The maximum Gasteiger partial charge on any atom is 0.257 e. The molecule has 0 aliphatic rings. The van der Waals surface area contributed by atoms with Crippen LogP contribution in [0.5, 0.6) is 0 Å². The van der Waals surface area contributed by atoms with Crippen LogP contribution in [-0.4, -0.2) is 36.3 Å². The Hall–Kier alpha value is -2.83. The van der Waals surface area contributed by atoms with E-state index in [4.69, 9.17) is 0 Å². The molecule has 0 spiro atoms. The molecule has 7 nitrogen and oxygen atoms in total. The van der Waals surface area contributed by atoms with Crippen LogP contribution >= 0.6 is 0 Å². The van der Waals surface area contributed by atoms with Crippen molar-refractivity contribution in [2.45, 2.75) is 13.8 Å². The maximum atomic E-state index is 4.47. The maximum absolute atomic E-state index is 4.47. The standard InChI is InChI=1S/C14H15N7/c1-3-16-13-18-12(11-6-4-5-10(2)7-11)19-14(20-13)21-9-15-8-17-21/h4-9H,3H2,1-2H3,(H,16,18,19,20). The van der Waals surface area contributed by atoms with Gasteiger partial charge in [0.15, 0.2) is 5.82 Å². The summed E-state index contributed by atoms with van der Waals surface area (Å²) in [5, 5.41) is 7.18. The van der Waals surface area contributed by atoms with E-state index >= 15 is 0 Å². The molecule has 0 amide bonds. The molecule has 0 bridgehead atoms. The van der Waals surface area contributed by atoms with Gasteiger partial charge in [0.2, 0.25) is 5.95 Å². The third kappa shape index (κ3) is 2.86. The highest BCUT2D eigenvalue weighted by atomic mass is 15.4. The lowest BCUT2D eigenvalue weighted by Crippen LogP contribution is -2.10. The van der Waals surface area contributed by atoms with E-state index < -0.39 is 0 Å². The van der Waals surface area contributed by atoms with Gasteiger partial charge in [-0.1, -0.05) is 23.8 Å². The molecule has 3 aromatic rings. The average Bonchev–Trinajstić information content (AvgIpc) is 3.01. The van der Waals surface area contributed by atoms with Gasteiger partial charge in [0, 0.05) is 12.1 Å². The van der Waals surface area contributed by atoms with Gasteiger partial charge in [-0.3, -0.25) is 0 Å². The highest BCUT2D eigenvalue weighted by molar-refractivity contribution is 5.57. The fraction of sp³-hybridized carbons (Fsp3) is 0.214. The fourth-order valence-electron chi connectivity index (χ4n) is 1.93. The number of nitrogens with one attached hydrogen (secondary N) is 1. The highest BCUT2D eigenvalue weighted by Gasteiger charge is 2.10. The van der Waals surface area contributed by atoms with Crippen LogP contribution in [0.3, 0.4) is 0 Å². The third-order valence-electron chi connectivity index (χ3n) is 2.86. The second kappa shape index (κ2) is 5.66. The van der Waals surface area contributed by atoms with Crippen molar-refractivity contribution < 1.29 is 0 Å². The number of nitrogens with zero attached hydrogens (tertiary/aromatic N) is 6. The molecule has 0 aliphatic heterocycles. The normalized spacial score (nSPS) is 10.6. The van der Waals surface area contributed by atoms with Gasteiger partial charge in [0.05, 0.1) is 0 Å². The van der Waals surface area contributed by atoms with E-state index in [1.807, 2.05) is 38.1 Å². The summed E-state index contributed by atoms with van der Waals surface area (Å²) in [5.74, 6) is 1.57. The predicted octanol–water partition coefficient (Wildman–Crippen LogP) is 1.86. The number of anilines is 1. The van der Waals surface area contributed by atoms with Crippen LogP contribution in [0, 0.1) is 6.92 Å². The molecule has 0 saturated carbocycles. The Bertz CT molecular complexity index is 737. The van der Waals surface area contributed by atoms with Gasteiger partial charge in [-0.2, -0.15) is 24.7 Å². The Morgan fingerprint density at radius 3 is 2.81 bits per heavy atom. The number of hydrogen-bond acceptors (Lipinski definition) is 6. The van der Waals surface area contributed by atoms with Gasteiger partial charge in [-0.15, -0.1) is 0 Å². The summed E-state index contributed by atoms with van der Waals surface area (Å²) in [6, 6.07) is 8.03. The smallest absolute Gasteiger partial charge is 0.257 e. The van der Waals surface area contributed by atoms with Crippen LogP contribution < -0.4 is 5.32 Å². The number of benzene rings is 1.